The topological polar surface area (TPSA) is 49.4 Å². The molecule has 0 spiro atoms. The molecule has 1 N–H and O–H groups in total. The third-order valence-electron chi connectivity index (χ3n) is 3.48. The normalized spacial score (nSPS) is 25.9. The summed E-state index contributed by atoms with van der Waals surface area (Å²) in [6, 6.07) is -2.62. The summed E-state index contributed by atoms with van der Waals surface area (Å²) in [6.45, 7) is 6.49. The molecule has 2 amide bonds. The maximum Gasteiger partial charge on any atom is 0.391 e. The minimum Gasteiger partial charge on any atom is -0.343 e. The lowest BCUT2D eigenvalue weighted by atomic mass is 9.94. The molecule has 0 saturated carbocycles. The van der Waals surface area contributed by atoms with Crippen LogP contribution in [0.1, 0.15) is 40.5 Å². The first-order valence-corrected chi connectivity index (χ1v) is 6.77. The first kappa shape index (κ1) is 16.8. The van der Waals surface area contributed by atoms with Gasteiger partial charge in [-0.2, -0.15) is 13.2 Å². The molecule has 0 aromatic heterocycles. The molecule has 1 saturated heterocycles. The maximum absolute atomic E-state index is 12.6. The Morgan fingerprint density at radius 1 is 1.25 bits per heavy atom. The van der Waals surface area contributed by atoms with Crippen molar-refractivity contribution in [3.05, 3.63) is 0 Å². The van der Waals surface area contributed by atoms with Crippen molar-refractivity contribution in [2.45, 2.75) is 64.8 Å². The van der Waals surface area contributed by atoms with E-state index < -0.39 is 36.6 Å². The summed E-state index contributed by atoms with van der Waals surface area (Å²) in [6.07, 6.45) is -5.10. The van der Waals surface area contributed by atoms with Gasteiger partial charge in [0.2, 0.25) is 11.8 Å². The predicted octanol–water partition coefficient (Wildman–Crippen LogP) is 2.09. The van der Waals surface area contributed by atoms with E-state index >= 15 is 0 Å². The molecular formula is C13H21F3N2O2. The van der Waals surface area contributed by atoms with Gasteiger partial charge in [0, 0.05) is 6.04 Å². The van der Waals surface area contributed by atoms with Crippen LogP contribution in [-0.4, -0.2) is 41.0 Å². The number of hydrogen-bond donors (Lipinski definition) is 1. The lowest BCUT2D eigenvalue weighted by molar-refractivity contribution is -0.167. The van der Waals surface area contributed by atoms with Gasteiger partial charge in [-0.15, -0.1) is 0 Å². The van der Waals surface area contributed by atoms with Crippen molar-refractivity contribution in [2.24, 2.45) is 5.92 Å². The van der Waals surface area contributed by atoms with Gasteiger partial charge < -0.3 is 10.2 Å². The molecule has 0 aromatic rings. The number of carbonyl (C=O) groups excluding carboxylic acids is 2. The molecule has 4 nitrogen and oxygen atoms in total. The molecule has 1 aliphatic heterocycles. The zero-order valence-corrected chi connectivity index (χ0v) is 12.1. The Bertz CT molecular complexity index is 382. The Morgan fingerprint density at radius 2 is 1.80 bits per heavy atom. The summed E-state index contributed by atoms with van der Waals surface area (Å²) in [5, 5.41) is 2.58. The van der Waals surface area contributed by atoms with E-state index in [2.05, 4.69) is 5.32 Å². The lowest BCUT2D eigenvalue weighted by Gasteiger charge is -2.44. The average molecular weight is 294 g/mol. The highest BCUT2D eigenvalue weighted by Gasteiger charge is 2.45. The Kier molecular flexibility index (Phi) is 5.05. The molecule has 0 aliphatic carbocycles. The fraction of sp³-hybridized carbons (Fsp3) is 0.846. The molecule has 1 aliphatic rings. The molecule has 1 fully saturated rings. The number of halogens is 3. The quantitative estimate of drug-likeness (QED) is 0.863. The van der Waals surface area contributed by atoms with Gasteiger partial charge >= 0.3 is 6.18 Å². The number of piperazine rings is 1. The second kappa shape index (κ2) is 6.01. The summed E-state index contributed by atoms with van der Waals surface area (Å²) in [5.41, 5.74) is 0. The van der Waals surface area contributed by atoms with Crippen LogP contribution in [0.3, 0.4) is 0 Å². The number of nitrogens with zero attached hydrogens (tertiary/aromatic N) is 1. The third kappa shape index (κ3) is 3.64. The molecule has 3 unspecified atom stereocenters. The van der Waals surface area contributed by atoms with Crippen LogP contribution in [0.15, 0.2) is 0 Å². The fourth-order valence-electron chi connectivity index (χ4n) is 2.59. The summed E-state index contributed by atoms with van der Waals surface area (Å²) >= 11 is 0. The summed E-state index contributed by atoms with van der Waals surface area (Å²) < 4.78 is 37.7. The highest BCUT2D eigenvalue weighted by molar-refractivity contribution is 5.97. The average Bonchev–Trinajstić information content (AvgIpc) is 2.28. The smallest absolute Gasteiger partial charge is 0.343 e. The lowest BCUT2D eigenvalue weighted by Crippen LogP contribution is -2.66. The van der Waals surface area contributed by atoms with Crippen molar-refractivity contribution in [1.29, 1.82) is 0 Å². The van der Waals surface area contributed by atoms with Crippen LogP contribution >= 0.6 is 0 Å². The van der Waals surface area contributed by atoms with Crippen LogP contribution in [0.5, 0.6) is 0 Å². The Labute approximate surface area is 116 Å². The molecule has 0 radical (unpaired) electrons. The van der Waals surface area contributed by atoms with Crippen molar-refractivity contribution in [2.75, 3.05) is 0 Å². The Balaban J connectivity index is 3.05. The van der Waals surface area contributed by atoms with Crippen LogP contribution < -0.4 is 5.32 Å². The second-order valence-corrected chi connectivity index (χ2v) is 5.57. The van der Waals surface area contributed by atoms with E-state index in [0.29, 0.717) is 6.42 Å². The molecule has 1 heterocycles. The first-order chi connectivity index (χ1) is 9.08. The van der Waals surface area contributed by atoms with Crippen molar-refractivity contribution in [3.63, 3.8) is 0 Å². The number of nitrogens with one attached hydrogen (secondary N) is 1. The SMILES string of the molecule is CCC1NC(=O)C(C(C)C)N(C(C)CC(F)(F)F)C1=O. The van der Waals surface area contributed by atoms with Crippen molar-refractivity contribution in [1.82, 2.24) is 10.2 Å². The summed E-state index contributed by atoms with van der Waals surface area (Å²) in [7, 11) is 0. The van der Waals surface area contributed by atoms with Gasteiger partial charge in [-0.05, 0) is 19.3 Å². The number of hydrogen-bond acceptors (Lipinski definition) is 2. The van der Waals surface area contributed by atoms with Crippen molar-refractivity contribution >= 4 is 11.8 Å². The van der Waals surface area contributed by atoms with Crippen LogP contribution in [0.25, 0.3) is 0 Å². The van der Waals surface area contributed by atoms with Gasteiger partial charge in [-0.3, -0.25) is 9.59 Å². The zero-order chi connectivity index (χ0) is 15.7. The number of alkyl halides is 3. The van der Waals surface area contributed by atoms with Crippen LogP contribution in [-0.2, 0) is 9.59 Å². The molecular weight excluding hydrogens is 273 g/mol. The zero-order valence-electron chi connectivity index (χ0n) is 12.1. The van der Waals surface area contributed by atoms with Crippen LogP contribution in [0, 0.1) is 5.92 Å². The fourth-order valence-corrected chi connectivity index (χ4v) is 2.59. The highest BCUT2D eigenvalue weighted by atomic mass is 19.4. The molecule has 20 heavy (non-hydrogen) atoms. The minimum atomic E-state index is -4.36. The molecule has 0 aromatic carbocycles. The molecule has 0 bridgehead atoms. The first-order valence-electron chi connectivity index (χ1n) is 6.77. The number of amides is 2. The summed E-state index contributed by atoms with van der Waals surface area (Å²) in [4.78, 5) is 25.4. The van der Waals surface area contributed by atoms with E-state index in [9.17, 15) is 22.8 Å². The van der Waals surface area contributed by atoms with E-state index in [-0.39, 0.29) is 11.8 Å². The monoisotopic (exact) mass is 294 g/mol. The van der Waals surface area contributed by atoms with Gasteiger partial charge in [-0.25, -0.2) is 0 Å². The minimum absolute atomic E-state index is 0.243. The summed E-state index contributed by atoms with van der Waals surface area (Å²) in [5.74, 6) is -1.05. The molecule has 7 heteroatoms. The maximum atomic E-state index is 12.6. The van der Waals surface area contributed by atoms with Gasteiger partial charge in [0.05, 0.1) is 6.42 Å². The van der Waals surface area contributed by atoms with Gasteiger partial charge in [0.15, 0.2) is 0 Å². The van der Waals surface area contributed by atoms with Crippen molar-refractivity contribution < 1.29 is 22.8 Å². The standard InChI is InChI=1S/C13H21F3N2O2/c1-5-9-12(20)18(8(4)6-13(14,15)16)10(7(2)3)11(19)17-9/h7-10H,5-6H2,1-4H3,(H,17,19). The van der Waals surface area contributed by atoms with Gasteiger partial charge in [-0.1, -0.05) is 20.8 Å². The van der Waals surface area contributed by atoms with E-state index in [1.54, 1.807) is 20.8 Å². The van der Waals surface area contributed by atoms with Crippen LogP contribution in [0.2, 0.25) is 0 Å². The second-order valence-electron chi connectivity index (χ2n) is 5.57. The number of carbonyl (C=O) groups is 2. The third-order valence-corrected chi connectivity index (χ3v) is 3.48. The highest BCUT2D eigenvalue weighted by Crippen LogP contribution is 2.28. The predicted molar refractivity (Wildman–Crippen MR) is 67.8 cm³/mol. The van der Waals surface area contributed by atoms with E-state index in [4.69, 9.17) is 0 Å². The number of rotatable bonds is 4. The van der Waals surface area contributed by atoms with Gasteiger partial charge in [0.25, 0.3) is 0 Å². The van der Waals surface area contributed by atoms with E-state index in [0.717, 1.165) is 4.90 Å². The molecule has 116 valence electrons. The van der Waals surface area contributed by atoms with E-state index in [1.807, 2.05) is 0 Å². The van der Waals surface area contributed by atoms with Gasteiger partial charge in [0.1, 0.15) is 12.1 Å². The molecule has 3 atom stereocenters. The largest absolute Gasteiger partial charge is 0.391 e. The van der Waals surface area contributed by atoms with E-state index in [1.165, 1.54) is 6.92 Å². The Morgan fingerprint density at radius 3 is 2.20 bits per heavy atom. The van der Waals surface area contributed by atoms with Crippen molar-refractivity contribution in [3.8, 4) is 0 Å². The molecule has 1 rings (SSSR count). The Hall–Kier alpha value is -1.27. The van der Waals surface area contributed by atoms with Crippen LogP contribution in [0.4, 0.5) is 13.2 Å².